The number of nitrogens with zero attached hydrogens (tertiary/aromatic N) is 2. The van der Waals surface area contributed by atoms with Gasteiger partial charge in [-0.25, -0.2) is 0 Å². The van der Waals surface area contributed by atoms with Crippen molar-refractivity contribution in [2.24, 2.45) is 0 Å². The summed E-state index contributed by atoms with van der Waals surface area (Å²) >= 11 is 25.8. The molecule has 92 valence electrons. The van der Waals surface area contributed by atoms with Crippen molar-refractivity contribution in [1.82, 2.24) is 0 Å². The molecule has 0 amide bonds. The Morgan fingerprint density at radius 3 is 1.12 bits per heavy atom. The summed E-state index contributed by atoms with van der Waals surface area (Å²) in [6, 6.07) is 10.7. The molecule has 17 heavy (non-hydrogen) atoms. The molecule has 2 heterocycles. The third-order valence-corrected chi connectivity index (χ3v) is 8.84. The van der Waals surface area contributed by atoms with Crippen LogP contribution in [0.3, 0.4) is 0 Å². The molecule has 2 rings (SSSR count). The quantitative estimate of drug-likeness (QED) is 0.729. The van der Waals surface area contributed by atoms with Gasteiger partial charge in [0.1, 0.15) is 0 Å². The van der Waals surface area contributed by atoms with Gasteiger partial charge in [-0.05, 0) is 0 Å². The first-order valence-corrected chi connectivity index (χ1v) is 11.0. The molecule has 0 fully saturated rings. The molecule has 0 aliphatic heterocycles. The Morgan fingerprint density at radius 2 is 0.824 bits per heavy atom. The van der Waals surface area contributed by atoms with E-state index < -0.39 is 3.66 Å². The van der Waals surface area contributed by atoms with Crippen LogP contribution >= 0.6 is 48.6 Å². The van der Waals surface area contributed by atoms with Gasteiger partial charge in [-0.2, -0.15) is 0 Å². The molecule has 0 bridgehead atoms. The number of halogens is 4. The monoisotopic (exact) mass is 329 g/mol. The summed E-state index contributed by atoms with van der Waals surface area (Å²) in [4.78, 5) is 0. The Bertz CT molecular complexity index is 492. The van der Waals surface area contributed by atoms with E-state index >= 15 is 0 Å². The number of aromatic nitrogens is 2. The molecule has 0 saturated heterocycles. The zero-order valence-corrected chi connectivity index (χ0v) is 12.5. The van der Waals surface area contributed by atoms with Crippen molar-refractivity contribution >= 4 is 48.6 Å². The predicted octanol–water partition coefficient (Wildman–Crippen LogP) is 4.19. The Morgan fingerprint density at radius 1 is 0.529 bits per heavy atom. The number of hydrogen-bond donors (Lipinski definition) is 0. The van der Waals surface area contributed by atoms with Crippen molar-refractivity contribution in [3.8, 4) is 0 Å². The second-order valence-electron chi connectivity index (χ2n) is 3.59. The van der Waals surface area contributed by atoms with E-state index in [-0.39, 0.29) is 0 Å². The molecule has 0 aliphatic carbocycles. The van der Waals surface area contributed by atoms with Crippen LogP contribution in [0.1, 0.15) is 0 Å². The molecule has 2 nitrogen and oxygen atoms in total. The molecule has 0 N–H and O–H groups in total. The van der Waals surface area contributed by atoms with Crippen molar-refractivity contribution < 1.29 is 8.68 Å². The summed E-state index contributed by atoms with van der Waals surface area (Å²) in [5.41, 5.74) is 0. The fraction of sp³-hybridized carbons (Fsp3) is 0. The molecule has 0 radical (unpaired) electrons. The molecule has 0 saturated carbocycles. The topological polar surface area (TPSA) is 7.76 Å². The van der Waals surface area contributed by atoms with Gasteiger partial charge in [0.15, 0.2) is 0 Å². The normalized spacial score (nSPS) is 16.0. The van der Waals surface area contributed by atoms with Crippen molar-refractivity contribution in [2.75, 3.05) is 0 Å². The van der Waals surface area contributed by atoms with Gasteiger partial charge >= 0.3 is 118 Å². The van der Waals surface area contributed by atoms with Crippen molar-refractivity contribution in [1.29, 1.82) is 0 Å². The third kappa shape index (κ3) is 2.38. The van der Waals surface area contributed by atoms with Crippen LogP contribution in [-0.4, -0.2) is 0 Å². The molecule has 0 atom stereocenters. The molecule has 0 aliphatic rings. The molecular formula is C10H10Cl4N2P+. The number of hydrogen-bond acceptors (Lipinski definition) is 0. The predicted molar refractivity (Wildman–Crippen MR) is 74.4 cm³/mol. The fourth-order valence-corrected chi connectivity index (χ4v) is 5.43. The molecule has 0 aromatic carbocycles. The van der Waals surface area contributed by atoms with Crippen LogP contribution in [0.25, 0.3) is 0 Å². The zero-order valence-electron chi connectivity index (χ0n) is 8.63. The molecule has 0 spiro atoms. The first kappa shape index (κ1) is 13.3. The second-order valence-corrected chi connectivity index (χ2v) is 19.5. The number of rotatable bonds is 2. The van der Waals surface area contributed by atoms with E-state index in [0.717, 1.165) is 0 Å². The summed E-state index contributed by atoms with van der Waals surface area (Å²) in [5, 5.41) is 0. The van der Waals surface area contributed by atoms with Gasteiger partial charge in [-0.15, -0.1) is 0 Å². The van der Waals surface area contributed by atoms with Crippen LogP contribution in [-0.2, 0) is 0 Å². The summed E-state index contributed by atoms with van der Waals surface area (Å²) in [5.74, 6) is 0. The van der Waals surface area contributed by atoms with Gasteiger partial charge < -0.3 is 0 Å². The van der Waals surface area contributed by atoms with E-state index in [1.54, 1.807) is 49.1 Å². The molecule has 0 unspecified atom stereocenters. The number of pyridine rings is 2. The summed E-state index contributed by atoms with van der Waals surface area (Å²) in [6.45, 7) is 0. The van der Waals surface area contributed by atoms with Gasteiger partial charge in [-0.3, -0.25) is 0 Å². The average Bonchev–Trinajstić information content (AvgIpc) is 2.30. The van der Waals surface area contributed by atoms with E-state index in [1.165, 1.54) is 8.68 Å². The molecule has 2 aromatic rings. The second kappa shape index (κ2) is 3.69. The van der Waals surface area contributed by atoms with E-state index in [1.807, 2.05) is 12.1 Å². The summed E-state index contributed by atoms with van der Waals surface area (Å²) in [7, 11) is 0. The van der Waals surface area contributed by atoms with E-state index in [2.05, 4.69) is 0 Å². The molecule has 7 heteroatoms. The Kier molecular flexibility index (Phi) is 2.89. The first-order chi connectivity index (χ1) is 7.74. The van der Waals surface area contributed by atoms with E-state index in [4.69, 9.17) is 45.0 Å². The maximum absolute atomic E-state index is 6.46. The van der Waals surface area contributed by atoms with Crippen LogP contribution < -0.4 is 8.68 Å². The van der Waals surface area contributed by atoms with Gasteiger partial charge in [0, 0.05) is 0 Å². The van der Waals surface area contributed by atoms with Gasteiger partial charge in [-0.1, -0.05) is 0 Å². The molecule has 2 aromatic heterocycles. The van der Waals surface area contributed by atoms with E-state index in [9.17, 15) is 0 Å². The Labute approximate surface area is 118 Å². The zero-order chi connectivity index (χ0) is 12.6. The Hall–Kier alpha value is -0.110. The van der Waals surface area contributed by atoms with E-state index in [0.29, 0.717) is 0 Å². The Balaban J connectivity index is 2.76. The van der Waals surface area contributed by atoms with Crippen LogP contribution in [0.5, 0.6) is 0 Å². The van der Waals surface area contributed by atoms with Crippen molar-refractivity contribution in [2.45, 2.75) is 0 Å². The standard InChI is InChI=1S/C10H10Cl4N2P/c11-17(12,13,14,15-7-3-1-4-8-15)16-9-5-2-6-10-16/h1-10H/q+1. The average molecular weight is 331 g/mol. The summed E-state index contributed by atoms with van der Waals surface area (Å²) < 4.78 is -2.05. The van der Waals surface area contributed by atoms with Crippen LogP contribution in [0.2, 0.25) is 0 Å². The van der Waals surface area contributed by atoms with Gasteiger partial charge in [0.25, 0.3) is 0 Å². The fourth-order valence-electron chi connectivity index (χ4n) is 1.42. The van der Waals surface area contributed by atoms with Gasteiger partial charge in [0.2, 0.25) is 0 Å². The summed E-state index contributed by atoms with van der Waals surface area (Å²) in [6.07, 6.45) is 6.54. The van der Waals surface area contributed by atoms with Crippen molar-refractivity contribution in [3.63, 3.8) is 0 Å². The van der Waals surface area contributed by atoms with Gasteiger partial charge in [0.05, 0.1) is 0 Å². The minimum absolute atomic E-state index is 1.43. The van der Waals surface area contributed by atoms with Crippen molar-refractivity contribution in [3.05, 3.63) is 61.2 Å². The maximum atomic E-state index is 6.46. The van der Waals surface area contributed by atoms with Crippen LogP contribution in [0, 0.1) is 0 Å². The minimum atomic E-state index is -4.90. The van der Waals surface area contributed by atoms with Crippen LogP contribution in [0.4, 0.5) is 0 Å². The van der Waals surface area contributed by atoms with Crippen LogP contribution in [0.15, 0.2) is 61.2 Å². The SMILES string of the molecule is Cl[P-](Cl)(Cl)(Cl)([n+]1ccccc1)[n+]1ccccc1. The third-order valence-electron chi connectivity index (χ3n) is 2.30. The first-order valence-electron chi connectivity index (χ1n) is 4.78. The molecular weight excluding hydrogens is 321 g/mol.